The molecule has 2 N–H and O–H groups in total. The van der Waals surface area contributed by atoms with Crippen LogP contribution in [0, 0.1) is 11.3 Å². The fourth-order valence-corrected chi connectivity index (χ4v) is 3.84. The lowest BCUT2D eigenvalue weighted by molar-refractivity contribution is 0.217. The molecule has 102 valence electrons. The van der Waals surface area contributed by atoms with Gasteiger partial charge in [0.2, 0.25) is 10.0 Å². The summed E-state index contributed by atoms with van der Waals surface area (Å²) in [7, 11) is -3.12. The van der Waals surface area contributed by atoms with Gasteiger partial charge in [0.1, 0.15) is 0 Å². The van der Waals surface area contributed by atoms with Gasteiger partial charge in [0, 0.05) is 19.6 Å². The van der Waals surface area contributed by atoms with Gasteiger partial charge in [-0.3, -0.25) is 0 Å². The van der Waals surface area contributed by atoms with Gasteiger partial charge in [0.05, 0.1) is 5.75 Å². The summed E-state index contributed by atoms with van der Waals surface area (Å²) >= 11 is 0. The maximum Gasteiger partial charge on any atom is 0.215 e. The van der Waals surface area contributed by atoms with Crippen molar-refractivity contribution in [2.75, 3.05) is 25.4 Å². The summed E-state index contributed by atoms with van der Waals surface area (Å²) in [5, 5.41) is 0. The second-order valence-electron chi connectivity index (χ2n) is 6.00. The highest BCUT2D eigenvalue weighted by molar-refractivity contribution is 7.89. The topological polar surface area (TPSA) is 63.4 Å². The standard InChI is InChI=1S/C12H26N2O2S/c1-12(2,3)11-5-4-8-14(9-6-11)17(15,16)10-7-13/h11H,4-10,13H2,1-3H3. The molecule has 1 heterocycles. The minimum absolute atomic E-state index is 0.0766. The third kappa shape index (κ3) is 4.23. The minimum Gasteiger partial charge on any atom is -0.329 e. The molecule has 5 heteroatoms. The quantitative estimate of drug-likeness (QED) is 0.836. The molecule has 0 radical (unpaired) electrons. The number of hydrogen-bond donors (Lipinski definition) is 1. The smallest absolute Gasteiger partial charge is 0.215 e. The Morgan fingerprint density at radius 1 is 1.24 bits per heavy atom. The van der Waals surface area contributed by atoms with Crippen LogP contribution in [-0.2, 0) is 10.0 Å². The first-order chi connectivity index (χ1) is 7.77. The van der Waals surface area contributed by atoms with Crippen LogP contribution in [-0.4, -0.2) is 38.1 Å². The van der Waals surface area contributed by atoms with E-state index in [2.05, 4.69) is 20.8 Å². The second-order valence-corrected chi connectivity index (χ2v) is 8.09. The molecule has 0 aromatic carbocycles. The highest BCUT2D eigenvalue weighted by Crippen LogP contribution is 2.34. The Kier molecular flexibility index (Phi) is 4.98. The first kappa shape index (κ1) is 14.9. The predicted octanol–water partition coefficient (Wildman–Crippen LogP) is 1.42. The molecular weight excluding hydrogens is 236 g/mol. The summed E-state index contributed by atoms with van der Waals surface area (Å²) in [6.45, 7) is 8.24. The SMILES string of the molecule is CC(C)(C)C1CCCN(S(=O)(=O)CCN)CC1. The predicted molar refractivity (Wildman–Crippen MR) is 71.2 cm³/mol. The van der Waals surface area contributed by atoms with E-state index in [1.54, 1.807) is 4.31 Å². The maximum atomic E-state index is 11.9. The minimum atomic E-state index is -3.12. The normalized spacial score (nSPS) is 24.6. The van der Waals surface area contributed by atoms with Crippen LogP contribution >= 0.6 is 0 Å². The number of rotatable bonds is 3. The summed E-state index contributed by atoms with van der Waals surface area (Å²) in [4.78, 5) is 0. The van der Waals surface area contributed by atoms with Crippen LogP contribution in [0.3, 0.4) is 0 Å². The number of hydrogen-bond acceptors (Lipinski definition) is 3. The third-order valence-corrected chi connectivity index (χ3v) is 5.58. The zero-order valence-corrected chi connectivity index (χ0v) is 12.1. The summed E-state index contributed by atoms with van der Waals surface area (Å²) < 4.78 is 25.5. The summed E-state index contributed by atoms with van der Waals surface area (Å²) in [6, 6.07) is 0. The number of nitrogens with zero attached hydrogens (tertiary/aromatic N) is 1. The molecule has 1 saturated heterocycles. The monoisotopic (exact) mass is 262 g/mol. The average Bonchev–Trinajstić information content (AvgIpc) is 2.41. The molecule has 0 amide bonds. The van der Waals surface area contributed by atoms with Crippen molar-refractivity contribution in [2.45, 2.75) is 40.0 Å². The molecule has 1 atom stereocenters. The number of sulfonamides is 1. The molecule has 1 fully saturated rings. The van der Waals surface area contributed by atoms with Crippen molar-refractivity contribution in [1.29, 1.82) is 0 Å². The van der Waals surface area contributed by atoms with Crippen molar-refractivity contribution >= 4 is 10.0 Å². The van der Waals surface area contributed by atoms with Gasteiger partial charge in [0.25, 0.3) is 0 Å². The largest absolute Gasteiger partial charge is 0.329 e. The van der Waals surface area contributed by atoms with E-state index in [0.29, 0.717) is 19.0 Å². The van der Waals surface area contributed by atoms with Gasteiger partial charge in [-0.2, -0.15) is 0 Å². The van der Waals surface area contributed by atoms with Crippen molar-refractivity contribution in [1.82, 2.24) is 4.31 Å². The van der Waals surface area contributed by atoms with E-state index in [9.17, 15) is 8.42 Å². The van der Waals surface area contributed by atoms with Crippen LogP contribution in [0.1, 0.15) is 40.0 Å². The molecule has 0 saturated carbocycles. The van der Waals surface area contributed by atoms with E-state index in [1.165, 1.54) is 0 Å². The highest BCUT2D eigenvalue weighted by Gasteiger charge is 2.30. The number of nitrogens with two attached hydrogens (primary N) is 1. The van der Waals surface area contributed by atoms with Gasteiger partial charge in [-0.25, -0.2) is 12.7 Å². The van der Waals surface area contributed by atoms with Gasteiger partial charge >= 0.3 is 0 Å². The van der Waals surface area contributed by atoms with Crippen molar-refractivity contribution in [3.05, 3.63) is 0 Å². The van der Waals surface area contributed by atoms with Crippen LogP contribution < -0.4 is 5.73 Å². The lowest BCUT2D eigenvalue weighted by Gasteiger charge is -2.29. The molecule has 1 unspecified atom stereocenters. The Hall–Kier alpha value is -0.130. The molecule has 1 aliphatic rings. The van der Waals surface area contributed by atoms with E-state index in [4.69, 9.17) is 5.73 Å². The summed E-state index contributed by atoms with van der Waals surface area (Å²) in [6.07, 6.45) is 3.05. The zero-order valence-electron chi connectivity index (χ0n) is 11.3. The molecule has 0 bridgehead atoms. The molecule has 17 heavy (non-hydrogen) atoms. The van der Waals surface area contributed by atoms with Crippen molar-refractivity contribution in [2.24, 2.45) is 17.1 Å². The second kappa shape index (κ2) is 5.67. The highest BCUT2D eigenvalue weighted by atomic mass is 32.2. The molecule has 1 rings (SSSR count). The summed E-state index contributed by atoms with van der Waals surface area (Å²) in [5.74, 6) is 0.688. The van der Waals surface area contributed by atoms with E-state index in [0.717, 1.165) is 19.3 Å². The van der Waals surface area contributed by atoms with Gasteiger partial charge in [-0.05, 0) is 30.6 Å². The van der Waals surface area contributed by atoms with E-state index in [-0.39, 0.29) is 17.7 Å². The van der Waals surface area contributed by atoms with Crippen LogP contribution in [0.15, 0.2) is 0 Å². The van der Waals surface area contributed by atoms with Gasteiger partial charge in [-0.15, -0.1) is 0 Å². The van der Waals surface area contributed by atoms with Crippen molar-refractivity contribution < 1.29 is 8.42 Å². The van der Waals surface area contributed by atoms with Gasteiger partial charge in [0.15, 0.2) is 0 Å². The molecule has 0 aliphatic carbocycles. The fourth-order valence-electron chi connectivity index (χ4n) is 2.49. The molecule has 0 spiro atoms. The Labute approximate surface area is 106 Å². The van der Waals surface area contributed by atoms with Crippen LogP contribution in [0.2, 0.25) is 0 Å². The van der Waals surface area contributed by atoms with E-state index >= 15 is 0 Å². The molecule has 1 aliphatic heterocycles. The van der Waals surface area contributed by atoms with E-state index < -0.39 is 10.0 Å². The molecule has 0 aromatic heterocycles. The third-order valence-electron chi connectivity index (χ3n) is 3.68. The average molecular weight is 262 g/mol. The first-order valence-corrected chi connectivity index (χ1v) is 8.06. The Bertz CT molecular complexity index is 333. The Morgan fingerprint density at radius 2 is 1.88 bits per heavy atom. The van der Waals surface area contributed by atoms with Crippen LogP contribution in [0.5, 0.6) is 0 Å². The van der Waals surface area contributed by atoms with Crippen LogP contribution in [0.25, 0.3) is 0 Å². The molecule has 4 nitrogen and oxygen atoms in total. The van der Waals surface area contributed by atoms with Crippen molar-refractivity contribution in [3.8, 4) is 0 Å². The lowest BCUT2D eigenvalue weighted by atomic mass is 9.77. The van der Waals surface area contributed by atoms with Gasteiger partial charge in [-0.1, -0.05) is 20.8 Å². The maximum absolute atomic E-state index is 11.9. The Morgan fingerprint density at radius 3 is 2.41 bits per heavy atom. The van der Waals surface area contributed by atoms with Crippen LogP contribution in [0.4, 0.5) is 0 Å². The molecule has 0 aromatic rings. The van der Waals surface area contributed by atoms with Crippen molar-refractivity contribution in [3.63, 3.8) is 0 Å². The fraction of sp³-hybridized carbons (Fsp3) is 1.00. The first-order valence-electron chi connectivity index (χ1n) is 6.45. The summed E-state index contributed by atoms with van der Waals surface area (Å²) in [5.41, 5.74) is 5.62. The van der Waals surface area contributed by atoms with Gasteiger partial charge < -0.3 is 5.73 Å². The lowest BCUT2D eigenvalue weighted by Crippen LogP contribution is -2.36. The molecular formula is C12H26N2O2S. The zero-order chi connectivity index (χ0) is 13.1. The van der Waals surface area contributed by atoms with E-state index in [1.807, 2.05) is 0 Å². The Balaban J connectivity index is 2.66.